The average molecular weight is 192 g/mol. The van der Waals surface area contributed by atoms with Gasteiger partial charge in [0.1, 0.15) is 5.69 Å². The topological polar surface area (TPSA) is 79.3 Å². The van der Waals surface area contributed by atoms with Crippen molar-refractivity contribution < 1.29 is 14.7 Å². The summed E-state index contributed by atoms with van der Waals surface area (Å²) in [5.74, 6) is -1.25. The van der Waals surface area contributed by atoms with Crippen LogP contribution in [0.5, 0.6) is 0 Å². The number of amides is 1. The minimum Gasteiger partial charge on any atom is -0.477 e. The van der Waals surface area contributed by atoms with Crippen molar-refractivity contribution in [3.63, 3.8) is 0 Å². The molecule has 5 heteroatoms. The maximum absolute atomic E-state index is 11.3. The lowest BCUT2D eigenvalue weighted by molar-refractivity contribution is 0.0689. The third-order valence-electron chi connectivity index (χ3n) is 2.15. The molecule has 0 fully saturated rings. The highest BCUT2D eigenvalue weighted by molar-refractivity contribution is 6.00. The molecule has 1 aromatic heterocycles. The fourth-order valence-electron chi connectivity index (χ4n) is 1.54. The van der Waals surface area contributed by atoms with E-state index in [0.29, 0.717) is 23.4 Å². The van der Waals surface area contributed by atoms with Crippen LogP contribution in [0.3, 0.4) is 0 Å². The number of fused-ring (bicyclic) bond motifs is 1. The zero-order valence-electron chi connectivity index (χ0n) is 7.50. The number of carbonyl (C=O) groups excluding carboxylic acids is 1. The molecule has 0 saturated heterocycles. The number of carbonyl (C=O) groups is 2. The smallest absolute Gasteiger partial charge is 0.354 e. The van der Waals surface area contributed by atoms with Crippen molar-refractivity contribution in [2.75, 3.05) is 0 Å². The maximum Gasteiger partial charge on any atom is 0.354 e. The number of hydrogen-bond donors (Lipinski definition) is 2. The van der Waals surface area contributed by atoms with Crippen LogP contribution in [-0.2, 0) is 6.54 Å². The van der Waals surface area contributed by atoms with Gasteiger partial charge in [0.05, 0.1) is 17.8 Å². The first-order valence-electron chi connectivity index (χ1n) is 4.11. The number of carboxylic acids is 1. The molecule has 14 heavy (non-hydrogen) atoms. The van der Waals surface area contributed by atoms with Crippen LogP contribution in [-0.4, -0.2) is 22.0 Å². The zero-order chi connectivity index (χ0) is 10.3. The van der Waals surface area contributed by atoms with Crippen LogP contribution in [0.4, 0.5) is 0 Å². The Labute approximate surface area is 79.8 Å². The molecule has 0 spiro atoms. The molecule has 0 radical (unpaired) electrons. The van der Waals surface area contributed by atoms with E-state index in [1.807, 2.05) is 0 Å². The number of aromatic nitrogens is 1. The van der Waals surface area contributed by atoms with Crippen molar-refractivity contribution in [2.24, 2.45) is 0 Å². The molecule has 5 nitrogen and oxygen atoms in total. The Morgan fingerprint density at radius 2 is 2.36 bits per heavy atom. The third-order valence-corrected chi connectivity index (χ3v) is 2.15. The van der Waals surface area contributed by atoms with Crippen molar-refractivity contribution in [3.05, 3.63) is 28.6 Å². The fraction of sp³-hybridized carbons (Fsp3) is 0.222. The summed E-state index contributed by atoms with van der Waals surface area (Å²) in [5, 5.41) is 11.3. The minimum atomic E-state index is -1.07. The van der Waals surface area contributed by atoms with E-state index in [0.717, 1.165) is 0 Å². The highest BCUT2D eigenvalue weighted by Crippen LogP contribution is 2.18. The molecular formula is C9H8N2O3. The summed E-state index contributed by atoms with van der Waals surface area (Å²) in [4.78, 5) is 25.8. The van der Waals surface area contributed by atoms with Crippen molar-refractivity contribution in [1.29, 1.82) is 0 Å². The van der Waals surface area contributed by atoms with Gasteiger partial charge in [-0.15, -0.1) is 0 Å². The fourth-order valence-corrected chi connectivity index (χ4v) is 1.54. The highest BCUT2D eigenvalue weighted by atomic mass is 16.4. The Balaban J connectivity index is 2.62. The molecular weight excluding hydrogens is 184 g/mol. The van der Waals surface area contributed by atoms with Crippen LogP contribution in [0.2, 0.25) is 0 Å². The number of pyridine rings is 1. The van der Waals surface area contributed by atoms with Crippen LogP contribution in [0.1, 0.15) is 32.1 Å². The normalized spacial score (nSPS) is 13.6. The van der Waals surface area contributed by atoms with Gasteiger partial charge in [-0.1, -0.05) is 0 Å². The lowest BCUT2D eigenvalue weighted by Crippen LogP contribution is -2.13. The molecule has 0 atom stereocenters. The first-order valence-corrected chi connectivity index (χ1v) is 4.11. The summed E-state index contributed by atoms with van der Waals surface area (Å²) in [6.45, 7) is 2.02. The molecule has 1 aromatic rings. The largest absolute Gasteiger partial charge is 0.477 e. The second-order valence-electron chi connectivity index (χ2n) is 3.13. The van der Waals surface area contributed by atoms with Gasteiger partial charge >= 0.3 is 5.97 Å². The second kappa shape index (κ2) is 2.80. The number of aryl methyl sites for hydroxylation is 1. The van der Waals surface area contributed by atoms with Gasteiger partial charge in [-0.05, 0) is 18.6 Å². The van der Waals surface area contributed by atoms with Gasteiger partial charge in [-0.3, -0.25) is 4.79 Å². The van der Waals surface area contributed by atoms with Gasteiger partial charge in [0, 0.05) is 0 Å². The van der Waals surface area contributed by atoms with Gasteiger partial charge < -0.3 is 10.4 Å². The highest BCUT2D eigenvalue weighted by Gasteiger charge is 2.24. The molecule has 2 heterocycles. The van der Waals surface area contributed by atoms with Gasteiger partial charge in [0.15, 0.2) is 0 Å². The third kappa shape index (κ3) is 1.14. The average Bonchev–Trinajstić information content (AvgIpc) is 2.48. The van der Waals surface area contributed by atoms with Gasteiger partial charge in [0.25, 0.3) is 5.91 Å². The number of carboxylic acid groups (broad SMARTS) is 1. The Morgan fingerprint density at radius 3 is 3.00 bits per heavy atom. The van der Waals surface area contributed by atoms with Gasteiger partial charge in [-0.25, -0.2) is 9.78 Å². The molecule has 72 valence electrons. The predicted octanol–water partition coefficient (Wildman–Crippen LogP) is 0.332. The SMILES string of the molecule is Cc1cc(C(=O)O)nc2c1C(=O)NC2. The summed E-state index contributed by atoms with van der Waals surface area (Å²) in [6, 6.07) is 1.41. The van der Waals surface area contributed by atoms with E-state index in [1.165, 1.54) is 6.07 Å². The summed E-state index contributed by atoms with van der Waals surface area (Å²) in [6.07, 6.45) is 0. The molecule has 1 amide bonds. The van der Waals surface area contributed by atoms with E-state index in [4.69, 9.17) is 5.11 Å². The minimum absolute atomic E-state index is 0.0160. The standard InChI is InChI=1S/C9H8N2O3/c1-4-2-5(9(13)14)11-6-3-10-8(12)7(4)6/h2H,3H2,1H3,(H,10,12)(H,13,14). The summed E-state index contributed by atoms with van der Waals surface area (Å²) in [7, 11) is 0. The van der Waals surface area contributed by atoms with Crippen LogP contribution in [0.15, 0.2) is 6.07 Å². The van der Waals surface area contributed by atoms with E-state index < -0.39 is 5.97 Å². The van der Waals surface area contributed by atoms with E-state index in [-0.39, 0.29) is 11.6 Å². The zero-order valence-corrected chi connectivity index (χ0v) is 7.50. The van der Waals surface area contributed by atoms with Crippen LogP contribution in [0, 0.1) is 6.92 Å². The first-order chi connectivity index (χ1) is 6.59. The molecule has 0 aliphatic carbocycles. The van der Waals surface area contributed by atoms with Crippen LogP contribution < -0.4 is 5.32 Å². The monoisotopic (exact) mass is 192 g/mol. The quantitative estimate of drug-likeness (QED) is 0.672. The van der Waals surface area contributed by atoms with E-state index in [9.17, 15) is 9.59 Å². The Bertz CT molecular complexity index is 440. The molecule has 1 aliphatic heterocycles. The van der Waals surface area contributed by atoms with Crippen molar-refractivity contribution >= 4 is 11.9 Å². The number of nitrogens with zero attached hydrogens (tertiary/aromatic N) is 1. The van der Waals surface area contributed by atoms with Gasteiger partial charge in [-0.2, -0.15) is 0 Å². The van der Waals surface area contributed by atoms with Crippen molar-refractivity contribution in [3.8, 4) is 0 Å². The molecule has 0 unspecified atom stereocenters. The maximum atomic E-state index is 11.3. The molecule has 2 N–H and O–H groups in total. The lowest BCUT2D eigenvalue weighted by Gasteiger charge is -2.01. The van der Waals surface area contributed by atoms with E-state index >= 15 is 0 Å². The van der Waals surface area contributed by atoms with E-state index in [2.05, 4.69) is 10.3 Å². The summed E-state index contributed by atoms with van der Waals surface area (Å²) < 4.78 is 0. The summed E-state index contributed by atoms with van der Waals surface area (Å²) >= 11 is 0. The molecule has 0 aromatic carbocycles. The first kappa shape index (κ1) is 8.68. The van der Waals surface area contributed by atoms with Gasteiger partial charge in [0.2, 0.25) is 0 Å². The Morgan fingerprint density at radius 1 is 1.64 bits per heavy atom. The number of aromatic carboxylic acids is 1. The second-order valence-corrected chi connectivity index (χ2v) is 3.13. The number of rotatable bonds is 1. The molecule has 0 saturated carbocycles. The van der Waals surface area contributed by atoms with Crippen LogP contribution >= 0.6 is 0 Å². The number of hydrogen-bond acceptors (Lipinski definition) is 3. The molecule has 1 aliphatic rings. The van der Waals surface area contributed by atoms with E-state index in [1.54, 1.807) is 6.92 Å². The summed E-state index contributed by atoms with van der Waals surface area (Å²) in [5.41, 5.74) is 1.67. The lowest BCUT2D eigenvalue weighted by atomic mass is 10.1. The molecule has 0 bridgehead atoms. The Kier molecular flexibility index (Phi) is 1.73. The molecule has 2 rings (SSSR count). The van der Waals surface area contributed by atoms with Crippen molar-refractivity contribution in [2.45, 2.75) is 13.5 Å². The number of nitrogens with one attached hydrogen (secondary N) is 1. The van der Waals surface area contributed by atoms with Crippen molar-refractivity contribution in [1.82, 2.24) is 10.3 Å². The Hall–Kier alpha value is -1.91. The van der Waals surface area contributed by atoms with Crippen LogP contribution in [0.25, 0.3) is 0 Å². The predicted molar refractivity (Wildman–Crippen MR) is 47.1 cm³/mol.